The molecule has 2 heterocycles. The number of amides is 1. The van der Waals surface area contributed by atoms with Gasteiger partial charge < -0.3 is 19.3 Å². The largest absolute Gasteiger partial charge is 0.444 e. The van der Waals surface area contributed by atoms with Gasteiger partial charge in [0.1, 0.15) is 21.6 Å². The summed E-state index contributed by atoms with van der Waals surface area (Å²) in [5.41, 5.74) is -1.21. The Morgan fingerprint density at radius 2 is 1.88 bits per heavy atom. The number of aliphatic hydroxyl groups is 1. The van der Waals surface area contributed by atoms with Gasteiger partial charge in [0.25, 0.3) is 0 Å². The number of carbonyl (C=O) groups is 1. The summed E-state index contributed by atoms with van der Waals surface area (Å²) >= 11 is 3.37. The van der Waals surface area contributed by atoms with Crippen molar-refractivity contribution in [2.75, 3.05) is 13.1 Å². The Bertz CT molecular complexity index is 634. The lowest BCUT2D eigenvalue weighted by Crippen LogP contribution is -2.61. The zero-order chi connectivity index (χ0) is 17.8. The lowest BCUT2D eigenvalue weighted by molar-refractivity contribution is -0.100. The van der Waals surface area contributed by atoms with Crippen molar-refractivity contribution in [1.29, 1.82) is 0 Å². The number of aryl methyl sites for hydroxylation is 1. The first-order valence-electron chi connectivity index (χ1n) is 8.42. The number of imidazole rings is 1. The number of likely N-dealkylation sites (tertiary alicyclic amines) is 1. The van der Waals surface area contributed by atoms with E-state index in [9.17, 15) is 9.90 Å². The highest BCUT2D eigenvalue weighted by atomic mass is 79.9. The summed E-state index contributed by atoms with van der Waals surface area (Å²) in [7, 11) is 1.91. The van der Waals surface area contributed by atoms with Gasteiger partial charge in [-0.3, -0.25) is 0 Å². The molecule has 0 unspecified atom stereocenters. The zero-order valence-corrected chi connectivity index (χ0v) is 16.4. The summed E-state index contributed by atoms with van der Waals surface area (Å²) in [4.78, 5) is 18.3. The molecule has 24 heavy (non-hydrogen) atoms. The predicted molar refractivity (Wildman–Crippen MR) is 93.5 cm³/mol. The third kappa shape index (κ3) is 3.33. The topological polar surface area (TPSA) is 67.6 Å². The molecule has 2 fully saturated rings. The lowest BCUT2D eigenvalue weighted by Gasteiger charge is -2.54. The molecule has 7 heteroatoms. The van der Waals surface area contributed by atoms with E-state index < -0.39 is 11.2 Å². The van der Waals surface area contributed by atoms with E-state index in [4.69, 9.17) is 4.74 Å². The fraction of sp³-hybridized carbons (Fsp3) is 0.765. The second kappa shape index (κ2) is 5.73. The van der Waals surface area contributed by atoms with Gasteiger partial charge in [-0.15, -0.1) is 0 Å². The van der Waals surface area contributed by atoms with Crippen molar-refractivity contribution < 1.29 is 14.6 Å². The number of nitrogens with zero attached hydrogens (tertiary/aromatic N) is 3. The second-order valence-corrected chi connectivity index (χ2v) is 9.18. The highest BCUT2D eigenvalue weighted by molar-refractivity contribution is 9.10. The predicted octanol–water partition coefficient (Wildman–Crippen LogP) is 3.18. The number of rotatable bonds is 1. The van der Waals surface area contributed by atoms with Crippen LogP contribution in [0.15, 0.2) is 10.8 Å². The summed E-state index contributed by atoms with van der Waals surface area (Å²) in [5.74, 6) is 0.715. The third-order valence-corrected chi connectivity index (χ3v) is 5.49. The minimum atomic E-state index is -0.877. The highest BCUT2D eigenvalue weighted by Gasteiger charge is 2.52. The van der Waals surface area contributed by atoms with Crippen LogP contribution in [0.5, 0.6) is 0 Å². The SMILES string of the molecule is Cn1cc(Br)nc1C1(O)CCC2(CC1)CN(C(=O)OC(C)(C)C)C2. The van der Waals surface area contributed by atoms with Gasteiger partial charge in [-0.2, -0.15) is 0 Å². The maximum atomic E-state index is 12.1. The molecular weight excluding hydrogens is 374 g/mol. The first-order chi connectivity index (χ1) is 11.0. The lowest BCUT2D eigenvalue weighted by atomic mass is 9.64. The van der Waals surface area contributed by atoms with Crippen LogP contribution in [-0.4, -0.2) is 44.3 Å². The molecule has 2 aliphatic rings. The van der Waals surface area contributed by atoms with Crippen molar-refractivity contribution in [2.24, 2.45) is 12.5 Å². The molecule has 1 aromatic rings. The number of hydrogen-bond donors (Lipinski definition) is 1. The van der Waals surface area contributed by atoms with Gasteiger partial charge >= 0.3 is 6.09 Å². The van der Waals surface area contributed by atoms with Crippen LogP contribution in [0.2, 0.25) is 0 Å². The van der Waals surface area contributed by atoms with Crippen molar-refractivity contribution in [3.8, 4) is 0 Å². The molecular formula is C17H26BrN3O3. The first kappa shape index (κ1) is 17.7. The van der Waals surface area contributed by atoms with Crippen LogP contribution >= 0.6 is 15.9 Å². The Labute approximate surface area is 151 Å². The maximum Gasteiger partial charge on any atom is 0.410 e. The monoisotopic (exact) mass is 399 g/mol. The van der Waals surface area contributed by atoms with Crippen LogP contribution in [-0.2, 0) is 17.4 Å². The van der Waals surface area contributed by atoms with Gasteiger partial charge in [-0.1, -0.05) is 0 Å². The molecule has 1 spiro atoms. The van der Waals surface area contributed by atoms with Gasteiger partial charge in [-0.05, 0) is 62.4 Å². The Hall–Kier alpha value is -1.08. The van der Waals surface area contributed by atoms with Crippen molar-refractivity contribution in [3.05, 3.63) is 16.6 Å². The molecule has 0 bridgehead atoms. The van der Waals surface area contributed by atoms with Crippen LogP contribution in [0.1, 0.15) is 52.3 Å². The summed E-state index contributed by atoms with van der Waals surface area (Å²) in [6, 6.07) is 0. The summed E-state index contributed by atoms with van der Waals surface area (Å²) in [5, 5.41) is 11.0. The molecule has 3 rings (SSSR count). The van der Waals surface area contributed by atoms with Gasteiger partial charge in [0.05, 0.1) is 0 Å². The number of hydrogen-bond acceptors (Lipinski definition) is 4. The van der Waals surface area contributed by atoms with Crippen LogP contribution in [0.4, 0.5) is 4.79 Å². The molecule has 6 nitrogen and oxygen atoms in total. The van der Waals surface area contributed by atoms with E-state index in [0.29, 0.717) is 18.7 Å². The quantitative estimate of drug-likeness (QED) is 0.787. The number of halogens is 1. The van der Waals surface area contributed by atoms with E-state index in [-0.39, 0.29) is 11.5 Å². The Kier molecular flexibility index (Phi) is 4.23. The summed E-state index contributed by atoms with van der Waals surface area (Å²) < 4.78 is 8.05. The Morgan fingerprint density at radius 1 is 1.29 bits per heavy atom. The third-order valence-electron chi connectivity index (χ3n) is 5.11. The van der Waals surface area contributed by atoms with Gasteiger partial charge in [0, 0.05) is 31.7 Å². The molecule has 1 saturated carbocycles. The van der Waals surface area contributed by atoms with E-state index in [1.54, 1.807) is 4.90 Å². The maximum absolute atomic E-state index is 12.1. The van der Waals surface area contributed by atoms with Crippen molar-refractivity contribution in [2.45, 2.75) is 57.7 Å². The van der Waals surface area contributed by atoms with Gasteiger partial charge in [0.2, 0.25) is 0 Å². The summed E-state index contributed by atoms with van der Waals surface area (Å²) in [6.07, 6.45) is 4.77. The first-order valence-corrected chi connectivity index (χ1v) is 9.21. The minimum Gasteiger partial charge on any atom is -0.444 e. The number of ether oxygens (including phenoxy) is 1. The average molecular weight is 400 g/mol. The normalized spacial score (nSPS) is 22.3. The van der Waals surface area contributed by atoms with Gasteiger partial charge in [-0.25, -0.2) is 9.78 Å². The average Bonchev–Trinajstić information content (AvgIpc) is 2.75. The molecule has 1 saturated heterocycles. The second-order valence-electron chi connectivity index (χ2n) is 8.37. The van der Waals surface area contributed by atoms with E-state index in [0.717, 1.165) is 30.5 Å². The van der Waals surface area contributed by atoms with Crippen molar-refractivity contribution in [1.82, 2.24) is 14.5 Å². The van der Waals surface area contributed by atoms with Crippen LogP contribution in [0.3, 0.4) is 0 Å². The van der Waals surface area contributed by atoms with Crippen molar-refractivity contribution >= 4 is 22.0 Å². The molecule has 1 aromatic heterocycles. The molecule has 0 radical (unpaired) electrons. The smallest absolute Gasteiger partial charge is 0.410 e. The van der Waals surface area contributed by atoms with Gasteiger partial charge in [0.15, 0.2) is 0 Å². The van der Waals surface area contributed by atoms with Crippen LogP contribution in [0.25, 0.3) is 0 Å². The van der Waals surface area contributed by atoms with Crippen LogP contribution < -0.4 is 0 Å². The number of aromatic nitrogens is 2. The van der Waals surface area contributed by atoms with E-state index in [1.807, 2.05) is 38.6 Å². The molecule has 0 atom stereocenters. The Balaban J connectivity index is 1.59. The molecule has 1 aliphatic heterocycles. The van der Waals surface area contributed by atoms with E-state index >= 15 is 0 Å². The fourth-order valence-electron chi connectivity index (χ4n) is 3.81. The van der Waals surface area contributed by atoms with E-state index in [2.05, 4.69) is 20.9 Å². The molecule has 134 valence electrons. The fourth-order valence-corrected chi connectivity index (χ4v) is 4.29. The minimum absolute atomic E-state index is 0.130. The highest BCUT2D eigenvalue weighted by Crippen LogP contribution is 2.50. The molecule has 0 aromatic carbocycles. The molecule has 1 amide bonds. The zero-order valence-electron chi connectivity index (χ0n) is 14.8. The van der Waals surface area contributed by atoms with Crippen molar-refractivity contribution in [3.63, 3.8) is 0 Å². The molecule has 1 aliphatic carbocycles. The van der Waals surface area contributed by atoms with Crippen LogP contribution in [0, 0.1) is 5.41 Å². The Morgan fingerprint density at radius 3 is 2.33 bits per heavy atom. The summed E-state index contributed by atoms with van der Waals surface area (Å²) in [6.45, 7) is 7.09. The standard InChI is InChI=1S/C17H26BrN3O3/c1-15(2,3)24-14(22)21-10-16(11-21)5-7-17(23,8-6-16)13-19-12(18)9-20(13)4/h9,23H,5-8,10-11H2,1-4H3. The van der Waals surface area contributed by atoms with E-state index in [1.165, 1.54) is 0 Å². The number of carbonyl (C=O) groups excluding carboxylic acids is 1. The molecule has 1 N–H and O–H groups in total.